The van der Waals surface area contributed by atoms with E-state index in [1.807, 2.05) is 20.8 Å². The Morgan fingerprint density at radius 3 is 2.38 bits per heavy atom. The molecule has 0 aromatic carbocycles. The number of rotatable bonds is 2. The Labute approximate surface area is 78.1 Å². The topological polar surface area (TPSA) is 61.0 Å². The van der Waals surface area contributed by atoms with Crippen LogP contribution in [0.2, 0.25) is 0 Å². The van der Waals surface area contributed by atoms with Crippen LogP contribution >= 0.6 is 0 Å². The summed E-state index contributed by atoms with van der Waals surface area (Å²) in [5.41, 5.74) is 7.32. The lowest BCUT2D eigenvalue weighted by atomic mass is 10.1. The van der Waals surface area contributed by atoms with E-state index in [-0.39, 0.29) is 5.92 Å². The predicted molar refractivity (Wildman–Crippen MR) is 51.8 cm³/mol. The monoisotopic (exact) mass is 181 g/mol. The maximum Gasteiger partial charge on any atom is 0.237 e. The zero-order chi connectivity index (χ0) is 10.0. The van der Waals surface area contributed by atoms with Crippen LogP contribution in [0.3, 0.4) is 0 Å². The largest absolute Gasteiger partial charge is 0.480 e. The molecule has 0 aliphatic heterocycles. The second-order valence-electron chi connectivity index (χ2n) is 3.24. The minimum absolute atomic E-state index is 0.289. The normalized spacial score (nSPS) is 10.5. The average molecular weight is 181 g/mol. The number of nitrogens with two attached hydrogens (primary N) is 1. The van der Waals surface area contributed by atoms with E-state index in [1.165, 1.54) is 0 Å². The van der Waals surface area contributed by atoms with Gasteiger partial charge in [-0.2, -0.15) is 4.98 Å². The third kappa shape index (κ3) is 1.88. The van der Waals surface area contributed by atoms with Gasteiger partial charge in [0.15, 0.2) is 0 Å². The summed E-state index contributed by atoms with van der Waals surface area (Å²) in [6.07, 6.45) is 0. The zero-order valence-corrected chi connectivity index (χ0v) is 8.46. The first-order chi connectivity index (χ1) is 6.06. The zero-order valence-electron chi connectivity index (χ0n) is 8.46. The molecule has 72 valence electrons. The van der Waals surface area contributed by atoms with E-state index >= 15 is 0 Å². The molecule has 0 saturated heterocycles. The molecule has 0 aliphatic rings. The summed E-state index contributed by atoms with van der Waals surface area (Å²) in [5, 5.41) is 0. The Kier molecular flexibility index (Phi) is 2.70. The summed E-state index contributed by atoms with van der Waals surface area (Å²) in [4.78, 5) is 8.44. The molecular formula is C9H15N3O. The quantitative estimate of drug-likeness (QED) is 0.751. The number of anilines is 1. The summed E-state index contributed by atoms with van der Waals surface area (Å²) < 4.78 is 5.01. The highest BCUT2D eigenvalue weighted by Crippen LogP contribution is 2.22. The fourth-order valence-electron chi connectivity index (χ4n) is 1.15. The van der Waals surface area contributed by atoms with Crippen molar-refractivity contribution in [3.63, 3.8) is 0 Å². The molecule has 0 spiro atoms. The van der Waals surface area contributed by atoms with Crippen molar-refractivity contribution in [3.05, 3.63) is 11.4 Å². The molecule has 1 aromatic heterocycles. The van der Waals surface area contributed by atoms with Crippen molar-refractivity contribution >= 4 is 5.82 Å². The van der Waals surface area contributed by atoms with Crippen LogP contribution in [0.25, 0.3) is 0 Å². The van der Waals surface area contributed by atoms with Crippen LogP contribution in [-0.2, 0) is 0 Å². The van der Waals surface area contributed by atoms with Gasteiger partial charge in [-0.3, -0.25) is 0 Å². The van der Waals surface area contributed by atoms with Gasteiger partial charge in [-0.25, -0.2) is 4.98 Å². The molecule has 1 rings (SSSR count). The molecule has 0 fully saturated rings. The third-order valence-electron chi connectivity index (χ3n) is 1.82. The minimum Gasteiger partial charge on any atom is -0.480 e. The molecule has 0 saturated carbocycles. The van der Waals surface area contributed by atoms with Gasteiger partial charge in [-0.1, -0.05) is 13.8 Å². The van der Waals surface area contributed by atoms with Crippen LogP contribution in [-0.4, -0.2) is 17.1 Å². The molecule has 0 radical (unpaired) electrons. The summed E-state index contributed by atoms with van der Waals surface area (Å²) in [7, 11) is 1.56. The molecule has 0 amide bonds. The molecule has 0 unspecified atom stereocenters. The van der Waals surface area contributed by atoms with Gasteiger partial charge < -0.3 is 10.5 Å². The van der Waals surface area contributed by atoms with E-state index in [2.05, 4.69) is 9.97 Å². The molecule has 0 atom stereocenters. The second-order valence-corrected chi connectivity index (χ2v) is 3.24. The highest BCUT2D eigenvalue weighted by atomic mass is 16.5. The second kappa shape index (κ2) is 3.60. The molecular weight excluding hydrogens is 166 g/mol. The molecule has 4 heteroatoms. The molecule has 1 aromatic rings. The van der Waals surface area contributed by atoms with Crippen molar-refractivity contribution in [1.29, 1.82) is 0 Å². The molecule has 0 aliphatic carbocycles. The molecule has 0 bridgehead atoms. The van der Waals surface area contributed by atoms with Crippen molar-refractivity contribution in [2.45, 2.75) is 26.7 Å². The number of ether oxygens (including phenoxy) is 1. The first-order valence-corrected chi connectivity index (χ1v) is 4.24. The highest BCUT2D eigenvalue weighted by molar-refractivity contribution is 5.40. The van der Waals surface area contributed by atoms with E-state index in [9.17, 15) is 0 Å². The number of aryl methyl sites for hydroxylation is 1. The number of nitrogen functional groups attached to an aromatic ring is 1. The maximum atomic E-state index is 5.71. The smallest absolute Gasteiger partial charge is 0.237 e. The Morgan fingerprint density at radius 1 is 1.31 bits per heavy atom. The van der Waals surface area contributed by atoms with Crippen LogP contribution in [0.15, 0.2) is 0 Å². The molecule has 13 heavy (non-hydrogen) atoms. The third-order valence-corrected chi connectivity index (χ3v) is 1.82. The molecule has 1 heterocycles. The summed E-state index contributed by atoms with van der Waals surface area (Å²) >= 11 is 0. The SMILES string of the molecule is COc1nc(N)c(C(C)C)nc1C. The van der Waals surface area contributed by atoms with Gasteiger partial charge >= 0.3 is 0 Å². The lowest BCUT2D eigenvalue weighted by Crippen LogP contribution is -2.06. The Hall–Kier alpha value is -1.32. The van der Waals surface area contributed by atoms with Crippen molar-refractivity contribution in [2.75, 3.05) is 12.8 Å². The van der Waals surface area contributed by atoms with Crippen molar-refractivity contribution in [2.24, 2.45) is 0 Å². The van der Waals surface area contributed by atoms with Gasteiger partial charge in [0.1, 0.15) is 5.82 Å². The standard InChI is InChI=1S/C9H15N3O/c1-5(2)7-8(10)12-9(13-4)6(3)11-7/h5H,1-4H3,(H2,10,12). The number of hydrogen-bond acceptors (Lipinski definition) is 4. The van der Waals surface area contributed by atoms with Crippen LogP contribution in [0.1, 0.15) is 31.2 Å². The number of hydrogen-bond donors (Lipinski definition) is 1. The summed E-state index contributed by atoms with van der Waals surface area (Å²) in [6.45, 7) is 5.93. The van der Waals surface area contributed by atoms with Crippen LogP contribution in [0.5, 0.6) is 5.88 Å². The molecule has 2 N–H and O–H groups in total. The minimum atomic E-state index is 0.289. The van der Waals surface area contributed by atoms with E-state index in [1.54, 1.807) is 7.11 Å². The highest BCUT2D eigenvalue weighted by Gasteiger charge is 2.11. The van der Waals surface area contributed by atoms with Gasteiger partial charge in [-0.05, 0) is 12.8 Å². The van der Waals surface area contributed by atoms with E-state index in [0.29, 0.717) is 11.7 Å². The Bertz CT molecular complexity index is 310. The van der Waals surface area contributed by atoms with Crippen LogP contribution in [0, 0.1) is 6.92 Å². The molecule has 4 nitrogen and oxygen atoms in total. The first kappa shape index (κ1) is 9.77. The lowest BCUT2D eigenvalue weighted by Gasteiger charge is -2.10. The fourth-order valence-corrected chi connectivity index (χ4v) is 1.15. The average Bonchev–Trinajstić information content (AvgIpc) is 2.07. The first-order valence-electron chi connectivity index (χ1n) is 4.24. The van der Waals surface area contributed by atoms with Gasteiger partial charge in [0.05, 0.1) is 18.5 Å². The van der Waals surface area contributed by atoms with E-state index in [0.717, 1.165) is 11.4 Å². The van der Waals surface area contributed by atoms with E-state index in [4.69, 9.17) is 10.5 Å². The number of methoxy groups -OCH3 is 1. The van der Waals surface area contributed by atoms with Crippen molar-refractivity contribution in [3.8, 4) is 5.88 Å². The number of nitrogens with zero attached hydrogens (tertiary/aromatic N) is 2. The Morgan fingerprint density at radius 2 is 1.92 bits per heavy atom. The van der Waals surface area contributed by atoms with Crippen molar-refractivity contribution < 1.29 is 4.74 Å². The summed E-state index contributed by atoms with van der Waals surface area (Å²) in [6, 6.07) is 0. The van der Waals surface area contributed by atoms with Gasteiger partial charge in [0.25, 0.3) is 0 Å². The van der Waals surface area contributed by atoms with Crippen LogP contribution < -0.4 is 10.5 Å². The fraction of sp³-hybridized carbons (Fsp3) is 0.556. The van der Waals surface area contributed by atoms with Gasteiger partial charge in [-0.15, -0.1) is 0 Å². The summed E-state index contributed by atoms with van der Waals surface area (Å²) in [5.74, 6) is 1.25. The Balaban J connectivity index is 3.20. The number of aromatic nitrogens is 2. The van der Waals surface area contributed by atoms with Crippen LogP contribution in [0.4, 0.5) is 5.82 Å². The van der Waals surface area contributed by atoms with E-state index < -0.39 is 0 Å². The van der Waals surface area contributed by atoms with Crippen molar-refractivity contribution in [1.82, 2.24) is 9.97 Å². The van der Waals surface area contributed by atoms with Gasteiger partial charge in [0, 0.05) is 0 Å². The lowest BCUT2D eigenvalue weighted by molar-refractivity contribution is 0.391. The van der Waals surface area contributed by atoms with Gasteiger partial charge in [0.2, 0.25) is 5.88 Å². The predicted octanol–water partition coefficient (Wildman–Crippen LogP) is 1.50. The maximum absolute atomic E-state index is 5.71.